The van der Waals surface area contributed by atoms with E-state index >= 15 is 0 Å². The summed E-state index contributed by atoms with van der Waals surface area (Å²) in [6, 6.07) is 4.66. The van der Waals surface area contributed by atoms with Gasteiger partial charge in [-0.3, -0.25) is 4.79 Å². The van der Waals surface area contributed by atoms with E-state index in [1.54, 1.807) is 31.3 Å². The van der Waals surface area contributed by atoms with E-state index in [0.717, 1.165) is 12.5 Å². The molecule has 0 spiro atoms. The summed E-state index contributed by atoms with van der Waals surface area (Å²) in [6.07, 6.45) is -5.11. The lowest BCUT2D eigenvalue weighted by Crippen LogP contribution is -2.69. The predicted molar refractivity (Wildman–Crippen MR) is 78.8 cm³/mol. The molecule has 1 atom stereocenters. The zero-order valence-corrected chi connectivity index (χ0v) is 13.3. The fourth-order valence-electron chi connectivity index (χ4n) is 2.05. The van der Waals surface area contributed by atoms with Gasteiger partial charge >= 0.3 is 17.8 Å². The molecule has 1 amide bonds. The van der Waals surface area contributed by atoms with Gasteiger partial charge in [0, 0.05) is 12.6 Å². The molecule has 5 nitrogen and oxygen atoms in total. The van der Waals surface area contributed by atoms with E-state index in [9.17, 15) is 22.8 Å². The van der Waals surface area contributed by atoms with Crippen molar-refractivity contribution in [2.24, 2.45) is 0 Å². The molecule has 0 unspecified atom stereocenters. The van der Waals surface area contributed by atoms with E-state index < -0.39 is 23.7 Å². The first-order chi connectivity index (χ1) is 10.5. The summed E-state index contributed by atoms with van der Waals surface area (Å²) < 4.78 is 45.4. The highest BCUT2D eigenvalue weighted by Crippen LogP contribution is 2.34. The highest BCUT2D eigenvalue weighted by molar-refractivity contribution is 5.91. The quantitative estimate of drug-likeness (QED) is 0.643. The lowest BCUT2D eigenvalue weighted by atomic mass is 10.1. The van der Waals surface area contributed by atoms with Crippen LogP contribution in [0.2, 0.25) is 0 Å². The van der Waals surface area contributed by atoms with E-state index in [1.165, 1.54) is 13.0 Å². The second-order valence-electron chi connectivity index (χ2n) is 5.09. The Morgan fingerprint density at radius 3 is 2.26 bits per heavy atom. The minimum atomic E-state index is -5.11. The van der Waals surface area contributed by atoms with Gasteiger partial charge in [0.05, 0.1) is 6.61 Å². The van der Waals surface area contributed by atoms with E-state index in [0.29, 0.717) is 5.56 Å². The maximum Gasteiger partial charge on any atom is 0.441 e. The molecule has 2 N–H and O–H groups in total. The summed E-state index contributed by atoms with van der Waals surface area (Å²) >= 11 is 0. The zero-order chi connectivity index (χ0) is 17.8. The molecular formula is C15H19F3N2O3. The Hall–Kier alpha value is -2.25. The van der Waals surface area contributed by atoms with Crippen LogP contribution in [0.1, 0.15) is 25.0 Å². The SMILES string of the molecule is CCOC(=O)[C@](NC(C)=O)(Nc1ccc(C)cc1C)C(F)(F)F. The van der Waals surface area contributed by atoms with E-state index in [2.05, 4.69) is 10.1 Å². The molecular weight excluding hydrogens is 313 g/mol. The number of anilines is 1. The fraction of sp³-hybridized carbons (Fsp3) is 0.467. The average molecular weight is 332 g/mol. The third kappa shape index (κ3) is 4.14. The molecule has 0 bridgehead atoms. The molecule has 0 saturated carbocycles. The Labute approximate surface area is 132 Å². The van der Waals surface area contributed by atoms with Crippen LogP contribution in [0, 0.1) is 13.8 Å². The van der Waals surface area contributed by atoms with Gasteiger partial charge in [0.15, 0.2) is 0 Å². The summed E-state index contributed by atoms with van der Waals surface area (Å²) in [4.78, 5) is 23.3. The molecule has 0 aliphatic heterocycles. The number of hydrogen-bond donors (Lipinski definition) is 2. The van der Waals surface area contributed by atoms with Crippen LogP contribution in [0.25, 0.3) is 0 Å². The number of nitrogens with one attached hydrogen (secondary N) is 2. The second-order valence-corrected chi connectivity index (χ2v) is 5.09. The van der Waals surface area contributed by atoms with Gasteiger partial charge < -0.3 is 15.4 Å². The van der Waals surface area contributed by atoms with Crippen LogP contribution in [-0.4, -0.2) is 30.3 Å². The minimum Gasteiger partial charge on any atom is -0.463 e. The predicted octanol–water partition coefficient (Wildman–Crippen LogP) is 2.67. The van der Waals surface area contributed by atoms with Crippen molar-refractivity contribution in [3.63, 3.8) is 0 Å². The Morgan fingerprint density at radius 2 is 1.83 bits per heavy atom. The lowest BCUT2D eigenvalue weighted by molar-refractivity contribution is -0.207. The number of rotatable bonds is 5. The molecule has 0 radical (unpaired) electrons. The monoisotopic (exact) mass is 332 g/mol. The molecule has 1 rings (SSSR count). The van der Waals surface area contributed by atoms with Crippen molar-refractivity contribution in [3.05, 3.63) is 29.3 Å². The molecule has 1 aromatic carbocycles. The number of esters is 1. The molecule has 0 heterocycles. The van der Waals surface area contributed by atoms with Crippen molar-refractivity contribution < 1.29 is 27.5 Å². The maximum atomic E-state index is 13.6. The third-order valence-corrected chi connectivity index (χ3v) is 3.07. The van der Waals surface area contributed by atoms with Crippen molar-refractivity contribution in [2.45, 2.75) is 39.5 Å². The number of benzene rings is 1. The topological polar surface area (TPSA) is 67.4 Å². The van der Waals surface area contributed by atoms with Crippen molar-refractivity contribution >= 4 is 17.6 Å². The van der Waals surface area contributed by atoms with Crippen LogP contribution in [0.3, 0.4) is 0 Å². The van der Waals surface area contributed by atoms with Crippen molar-refractivity contribution in [2.75, 3.05) is 11.9 Å². The number of aryl methyl sites for hydroxylation is 2. The van der Waals surface area contributed by atoms with Crippen molar-refractivity contribution in [1.82, 2.24) is 5.32 Å². The van der Waals surface area contributed by atoms with Crippen molar-refractivity contribution in [1.29, 1.82) is 0 Å². The molecule has 23 heavy (non-hydrogen) atoms. The van der Waals surface area contributed by atoms with Crippen molar-refractivity contribution in [3.8, 4) is 0 Å². The van der Waals surface area contributed by atoms with E-state index in [-0.39, 0.29) is 12.3 Å². The van der Waals surface area contributed by atoms with Gasteiger partial charge in [-0.15, -0.1) is 0 Å². The smallest absolute Gasteiger partial charge is 0.441 e. The van der Waals surface area contributed by atoms with Crippen LogP contribution in [0.4, 0.5) is 18.9 Å². The highest BCUT2D eigenvalue weighted by atomic mass is 19.4. The van der Waals surface area contributed by atoms with Crippen LogP contribution < -0.4 is 10.6 Å². The number of ether oxygens (including phenoxy) is 1. The largest absolute Gasteiger partial charge is 0.463 e. The lowest BCUT2D eigenvalue weighted by Gasteiger charge is -2.35. The Balaban J connectivity index is 3.41. The van der Waals surface area contributed by atoms with Gasteiger partial charge in [-0.25, -0.2) is 4.79 Å². The van der Waals surface area contributed by atoms with Gasteiger partial charge in [-0.1, -0.05) is 17.7 Å². The molecule has 0 aliphatic carbocycles. The number of alkyl halides is 3. The number of carbonyl (C=O) groups excluding carboxylic acids is 2. The molecule has 0 aromatic heterocycles. The molecule has 8 heteroatoms. The highest BCUT2D eigenvalue weighted by Gasteiger charge is 2.63. The summed E-state index contributed by atoms with van der Waals surface area (Å²) in [5.74, 6) is -2.64. The summed E-state index contributed by atoms with van der Waals surface area (Å²) in [7, 11) is 0. The Bertz CT molecular complexity index is 602. The molecule has 0 fully saturated rings. The normalized spacial score (nSPS) is 13.9. The fourth-order valence-corrected chi connectivity index (χ4v) is 2.05. The van der Waals surface area contributed by atoms with E-state index in [4.69, 9.17) is 0 Å². The zero-order valence-electron chi connectivity index (χ0n) is 13.3. The van der Waals surface area contributed by atoms with Gasteiger partial charge in [0.2, 0.25) is 5.91 Å². The summed E-state index contributed by atoms with van der Waals surface area (Å²) in [5.41, 5.74) is -1.95. The van der Waals surface area contributed by atoms with Crippen LogP contribution in [0.15, 0.2) is 18.2 Å². The standard InChI is InChI=1S/C15H19F3N2O3/c1-5-23-13(22)14(15(16,17)18,19-11(4)21)20-12-7-6-9(2)8-10(12)3/h6-8,20H,5H2,1-4H3,(H,19,21)/t14-/m0/s1. The molecule has 0 aliphatic rings. The average Bonchev–Trinajstić information content (AvgIpc) is 2.39. The first-order valence-electron chi connectivity index (χ1n) is 6.91. The molecule has 1 aromatic rings. The first-order valence-corrected chi connectivity index (χ1v) is 6.91. The van der Waals surface area contributed by atoms with Crippen LogP contribution in [0.5, 0.6) is 0 Å². The van der Waals surface area contributed by atoms with E-state index in [1.807, 2.05) is 0 Å². The van der Waals surface area contributed by atoms with Gasteiger partial charge in [0.25, 0.3) is 0 Å². The number of halogens is 3. The Morgan fingerprint density at radius 1 is 1.22 bits per heavy atom. The molecule has 0 saturated heterocycles. The van der Waals surface area contributed by atoms with Gasteiger partial charge in [-0.2, -0.15) is 13.2 Å². The summed E-state index contributed by atoms with van der Waals surface area (Å²) in [5, 5.41) is 3.77. The first kappa shape index (κ1) is 18.8. The summed E-state index contributed by atoms with van der Waals surface area (Å²) in [6.45, 7) is 5.39. The number of carbonyl (C=O) groups is 2. The molecule has 128 valence electrons. The van der Waals surface area contributed by atoms with Gasteiger partial charge in [0.1, 0.15) is 0 Å². The van der Waals surface area contributed by atoms with Crippen LogP contribution in [-0.2, 0) is 14.3 Å². The van der Waals surface area contributed by atoms with Crippen LogP contribution >= 0.6 is 0 Å². The van der Waals surface area contributed by atoms with Gasteiger partial charge in [-0.05, 0) is 32.4 Å². The second kappa shape index (κ2) is 6.89. The number of hydrogen-bond acceptors (Lipinski definition) is 4. The third-order valence-electron chi connectivity index (χ3n) is 3.07. The maximum absolute atomic E-state index is 13.6. The minimum absolute atomic E-state index is 0.0646. The Kier molecular flexibility index (Phi) is 5.63. The number of amides is 1.